The van der Waals surface area contributed by atoms with Crippen LogP contribution in [-0.2, 0) is 4.74 Å². The summed E-state index contributed by atoms with van der Waals surface area (Å²) < 4.78 is 19.2. The van der Waals surface area contributed by atoms with Crippen molar-refractivity contribution in [2.75, 3.05) is 67.2 Å². The Kier molecular flexibility index (Phi) is 5.03. The Morgan fingerprint density at radius 1 is 0.852 bits per heavy atom. The topological polar surface area (TPSA) is 68.5 Å². The third-order valence-electron chi connectivity index (χ3n) is 5.02. The van der Waals surface area contributed by atoms with Gasteiger partial charge in [0.15, 0.2) is 11.6 Å². The Labute approximate surface area is 157 Å². The van der Waals surface area contributed by atoms with Crippen molar-refractivity contribution in [3.63, 3.8) is 0 Å². The van der Waals surface area contributed by atoms with Crippen molar-refractivity contribution in [2.45, 2.75) is 0 Å². The molecule has 2 aliphatic heterocycles. The molecule has 1 aromatic heterocycles. The van der Waals surface area contributed by atoms with Crippen LogP contribution in [0.25, 0.3) is 0 Å². The number of morpholine rings is 1. The molecule has 4 rings (SSSR count). The number of aromatic nitrogens is 2. The van der Waals surface area contributed by atoms with Gasteiger partial charge < -0.3 is 19.4 Å². The molecule has 0 amide bonds. The number of hydrogen-bond donors (Lipinski definition) is 0. The van der Waals surface area contributed by atoms with Gasteiger partial charge in [-0.1, -0.05) is 6.07 Å². The molecule has 140 valence electrons. The van der Waals surface area contributed by atoms with Gasteiger partial charge in [0.25, 0.3) is 0 Å². The molecule has 2 aliphatic rings. The average molecular weight is 368 g/mol. The summed E-state index contributed by atoms with van der Waals surface area (Å²) in [6.45, 7) is 5.99. The zero-order chi connectivity index (χ0) is 18.6. The second-order valence-electron chi connectivity index (χ2n) is 6.57. The molecule has 2 aromatic rings. The highest BCUT2D eigenvalue weighted by atomic mass is 19.1. The van der Waals surface area contributed by atoms with Crippen molar-refractivity contribution in [2.24, 2.45) is 0 Å². The molecule has 2 saturated heterocycles. The zero-order valence-electron chi connectivity index (χ0n) is 15.0. The Bertz CT molecular complexity index is 823. The standard InChI is InChI=1S/C19H21FN6O/c20-16-2-1-3-17(15(16)14-21)24-6-8-25(9-7-24)18-4-5-19(23-22-18)26-10-12-27-13-11-26/h1-5H,6-13H2. The molecule has 7 nitrogen and oxygen atoms in total. The summed E-state index contributed by atoms with van der Waals surface area (Å²) in [6.07, 6.45) is 0. The minimum atomic E-state index is -0.470. The number of ether oxygens (including phenoxy) is 1. The van der Waals surface area contributed by atoms with Crippen LogP contribution >= 0.6 is 0 Å². The zero-order valence-corrected chi connectivity index (χ0v) is 15.0. The Hall–Kier alpha value is -2.92. The van der Waals surface area contributed by atoms with Gasteiger partial charge in [0, 0.05) is 39.3 Å². The lowest BCUT2D eigenvalue weighted by Gasteiger charge is -2.37. The SMILES string of the molecule is N#Cc1c(F)cccc1N1CCN(c2ccc(N3CCOCC3)nn2)CC1. The van der Waals surface area contributed by atoms with E-state index in [0.717, 1.165) is 51.0 Å². The lowest BCUT2D eigenvalue weighted by Crippen LogP contribution is -2.47. The van der Waals surface area contributed by atoms with E-state index in [1.54, 1.807) is 12.1 Å². The highest BCUT2D eigenvalue weighted by Crippen LogP contribution is 2.25. The smallest absolute Gasteiger partial charge is 0.151 e. The van der Waals surface area contributed by atoms with E-state index in [0.29, 0.717) is 18.8 Å². The predicted molar refractivity (Wildman–Crippen MR) is 101 cm³/mol. The first-order chi connectivity index (χ1) is 13.3. The maximum atomic E-state index is 13.8. The van der Waals surface area contributed by atoms with E-state index in [9.17, 15) is 9.65 Å². The summed E-state index contributed by atoms with van der Waals surface area (Å²) in [4.78, 5) is 6.39. The largest absolute Gasteiger partial charge is 0.378 e. The molecule has 2 fully saturated rings. The fraction of sp³-hybridized carbons (Fsp3) is 0.421. The van der Waals surface area contributed by atoms with Crippen molar-refractivity contribution >= 4 is 17.3 Å². The van der Waals surface area contributed by atoms with Gasteiger partial charge in [-0.2, -0.15) is 5.26 Å². The van der Waals surface area contributed by atoms with E-state index in [2.05, 4.69) is 20.0 Å². The lowest BCUT2D eigenvalue weighted by atomic mass is 10.1. The quantitative estimate of drug-likeness (QED) is 0.816. The van der Waals surface area contributed by atoms with Crippen molar-refractivity contribution in [3.8, 4) is 6.07 Å². The number of benzene rings is 1. The summed E-state index contributed by atoms with van der Waals surface area (Å²) in [5, 5.41) is 18.0. The van der Waals surface area contributed by atoms with Crippen molar-refractivity contribution in [3.05, 3.63) is 41.7 Å². The van der Waals surface area contributed by atoms with Crippen molar-refractivity contribution < 1.29 is 9.13 Å². The molecule has 3 heterocycles. The van der Waals surface area contributed by atoms with Gasteiger partial charge in [0.05, 0.1) is 18.9 Å². The molecule has 1 aromatic carbocycles. The molecular formula is C19H21FN6O. The number of hydrogen-bond acceptors (Lipinski definition) is 7. The van der Waals surface area contributed by atoms with Gasteiger partial charge in [-0.25, -0.2) is 4.39 Å². The molecule has 8 heteroatoms. The number of piperazine rings is 1. The third kappa shape index (κ3) is 3.64. The average Bonchev–Trinajstić information content (AvgIpc) is 2.74. The van der Waals surface area contributed by atoms with Crippen molar-refractivity contribution in [1.82, 2.24) is 10.2 Å². The maximum absolute atomic E-state index is 13.8. The second kappa shape index (κ2) is 7.76. The summed E-state index contributed by atoms with van der Waals surface area (Å²) in [5.74, 6) is 1.24. The summed E-state index contributed by atoms with van der Waals surface area (Å²) in [7, 11) is 0. The first kappa shape index (κ1) is 17.5. The lowest BCUT2D eigenvalue weighted by molar-refractivity contribution is 0.122. The first-order valence-corrected chi connectivity index (χ1v) is 9.11. The molecule has 0 N–H and O–H groups in total. The summed E-state index contributed by atoms with van der Waals surface area (Å²) >= 11 is 0. The molecule has 0 atom stereocenters. The fourth-order valence-corrected chi connectivity index (χ4v) is 3.51. The van der Waals surface area contributed by atoms with Crippen molar-refractivity contribution in [1.29, 1.82) is 5.26 Å². The van der Waals surface area contributed by atoms with Crippen LogP contribution in [0.5, 0.6) is 0 Å². The van der Waals surface area contributed by atoms with E-state index >= 15 is 0 Å². The highest BCUT2D eigenvalue weighted by Gasteiger charge is 2.22. The van der Waals surface area contributed by atoms with Crippen LogP contribution in [0.1, 0.15) is 5.56 Å². The molecule has 0 unspecified atom stereocenters. The van der Waals surface area contributed by atoms with Crippen LogP contribution in [0.2, 0.25) is 0 Å². The van der Waals surface area contributed by atoms with E-state index in [1.165, 1.54) is 6.07 Å². The Balaban J connectivity index is 1.41. The third-order valence-corrected chi connectivity index (χ3v) is 5.02. The minimum Gasteiger partial charge on any atom is -0.378 e. The normalized spacial score (nSPS) is 17.7. The Morgan fingerprint density at radius 2 is 1.44 bits per heavy atom. The van der Waals surface area contributed by atoms with Crippen LogP contribution in [-0.4, -0.2) is 62.7 Å². The van der Waals surface area contributed by atoms with Crippen LogP contribution in [0.15, 0.2) is 30.3 Å². The van der Waals surface area contributed by atoms with Gasteiger partial charge in [0.2, 0.25) is 0 Å². The Morgan fingerprint density at radius 3 is 2.04 bits per heavy atom. The molecule has 0 saturated carbocycles. The summed E-state index contributed by atoms with van der Waals surface area (Å²) in [5.41, 5.74) is 0.770. The number of halogens is 1. The monoisotopic (exact) mass is 368 g/mol. The molecule has 0 aliphatic carbocycles. The van der Waals surface area contributed by atoms with Crippen LogP contribution in [0.3, 0.4) is 0 Å². The first-order valence-electron chi connectivity index (χ1n) is 9.11. The van der Waals surface area contributed by atoms with Crippen LogP contribution in [0, 0.1) is 17.1 Å². The highest BCUT2D eigenvalue weighted by molar-refractivity contribution is 5.61. The van der Waals surface area contributed by atoms with E-state index in [1.807, 2.05) is 23.1 Å². The van der Waals surface area contributed by atoms with E-state index < -0.39 is 5.82 Å². The molecule has 27 heavy (non-hydrogen) atoms. The second-order valence-corrected chi connectivity index (χ2v) is 6.57. The van der Waals surface area contributed by atoms with Gasteiger partial charge >= 0.3 is 0 Å². The van der Waals surface area contributed by atoms with Gasteiger partial charge in [-0.3, -0.25) is 0 Å². The summed E-state index contributed by atoms with van der Waals surface area (Å²) in [6, 6.07) is 10.7. The molecule has 0 spiro atoms. The number of nitriles is 1. The number of anilines is 3. The number of rotatable bonds is 3. The maximum Gasteiger partial charge on any atom is 0.151 e. The van der Waals surface area contributed by atoms with Gasteiger partial charge in [0.1, 0.15) is 17.4 Å². The fourth-order valence-electron chi connectivity index (χ4n) is 3.51. The van der Waals surface area contributed by atoms with Gasteiger partial charge in [-0.15, -0.1) is 10.2 Å². The molecule has 0 radical (unpaired) electrons. The van der Waals surface area contributed by atoms with E-state index in [4.69, 9.17) is 4.74 Å². The minimum absolute atomic E-state index is 0.112. The predicted octanol–water partition coefficient (Wildman–Crippen LogP) is 1.65. The number of nitrogens with zero attached hydrogens (tertiary/aromatic N) is 6. The molecule has 0 bridgehead atoms. The van der Waals surface area contributed by atoms with Gasteiger partial charge in [-0.05, 0) is 24.3 Å². The van der Waals surface area contributed by atoms with Crippen LogP contribution in [0.4, 0.5) is 21.7 Å². The molecular weight excluding hydrogens is 347 g/mol. The van der Waals surface area contributed by atoms with E-state index in [-0.39, 0.29) is 5.56 Å². The van der Waals surface area contributed by atoms with Crippen LogP contribution < -0.4 is 14.7 Å².